The van der Waals surface area contributed by atoms with Crippen LogP contribution in [-0.2, 0) is 30.7 Å². The molecule has 0 aliphatic carbocycles. The number of alkyl carbamates (subject to hydrolysis) is 1. The maximum atomic E-state index is 12.5. The van der Waals surface area contributed by atoms with Gasteiger partial charge in [0.05, 0.1) is 5.52 Å². The molecule has 5 nitrogen and oxygen atoms in total. The van der Waals surface area contributed by atoms with Crippen LogP contribution >= 0.6 is 0 Å². The van der Waals surface area contributed by atoms with E-state index >= 15 is 0 Å². The van der Waals surface area contributed by atoms with Crippen LogP contribution in [0.25, 0.3) is 10.9 Å². The lowest BCUT2D eigenvalue weighted by Gasteiger charge is -2.22. The van der Waals surface area contributed by atoms with Crippen LogP contribution in [0.2, 0.25) is 0 Å². The number of nitrogens with zero attached hydrogens (tertiary/aromatic N) is 1. The zero-order valence-electron chi connectivity index (χ0n) is 23.5. The van der Waals surface area contributed by atoms with E-state index < -0.39 is 11.7 Å². The van der Waals surface area contributed by atoms with Crippen molar-refractivity contribution in [3.63, 3.8) is 0 Å². The zero-order valence-corrected chi connectivity index (χ0v) is 23.5. The quantitative estimate of drug-likeness (QED) is 0.253. The third-order valence-electron chi connectivity index (χ3n) is 6.20. The number of rotatable bonds is 12. The second-order valence-corrected chi connectivity index (χ2v) is 11.2. The van der Waals surface area contributed by atoms with Crippen LogP contribution < -0.4 is 10.1 Å². The van der Waals surface area contributed by atoms with Crippen LogP contribution in [0.4, 0.5) is 4.79 Å². The molecule has 0 spiro atoms. The van der Waals surface area contributed by atoms with Gasteiger partial charge in [0.25, 0.3) is 0 Å². The summed E-state index contributed by atoms with van der Waals surface area (Å²) < 4.78 is 11.7. The maximum absolute atomic E-state index is 12.5. The number of hydrogen-bond donors (Lipinski definition) is 1. The molecule has 1 N–H and O–H groups in total. The summed E-state index contributed by atoms with van der Waals surface area (Å²) in [5.41, 5.74) is 5.01. The summed E-state index contributed by atoms with van der Waals surface area (Å²) in [4.78, 5) is 17.6. The highest BCUT2D eigenvalue weighted by atomic mass is 16.6. The Morgan fingerprint density at radius 3 is 2.43 bits per heavy atom. The minimum absolute atomic E-state index is 0.401. The Morgan fingerprint density at radius 1 is 1.00 bits per heavy atom. The van der Waals surface area contributed by atoms with E-state index in [-0.39, 0.29) is 0 Å². The highest BCUT2D eigenvalue weighted by Crippen LogP contribution is 2.30. The SMILES string of the molecule is CCCCCCc1c(CNC(=O)OC(C)(C)C)c(CC(C)C)nc2ccc(OCc3ccccc3)cc12. The summed E-state index contributed by atoms with van der Waals surface area (Å²) in [6, 6.07) is 16.4. The molecule has 0 saturated heterocycles. The number of ether oxygens (including phenoxy) is 2. The number of fused-ring (bicyclic) bond motifs is 1. The Balaban J connectivity index is 1.99. The van der Waals surface area contributed by atoms with Gasteiger partial charge >= 0.3 is 6.09 Å². The first-order chi connectivity index (χ1) is 17.7. The molecule has 37 heavy (non-hydrogen) atoms. The van der Waals surface area contributed by atoms with E-state index in [9.17, 15) is 4.79 Å². The van der Waals surface area contributed by atoms with Gasteiger partial charge in [-0.3, -0.25) is 4.98 Å². The van der Waals surface area contributed by atoms with Crippen molar-refractivity contribution < 1.29 is 14.3 Å². The summed E-state index contributed by atoms with van der Waals surface area (Å²) >= 11 is 0. The largest absolute Gasteiger partial charge is 0.489 e. The summed E-state index contributed by atoms with van der Waals surface area (Å²) in [5, 5.41) is 4.11. The van der Waals surface area contributed by atoms with E-state index in [0.29, 0.717) is 19.1 Å². The molecule has 2 aromatic carbocycles. The molecular weight excluding hydrogens is 460 g/mol. The number of hydrogen-bond acceptors (Lipinski definition) is 4. The third kappa shape index (κ3) is 9.07. The van der Waals surface area contributed by atoms with Crippen molar-refractivity contribution in [1.82, 2.24) is 10.3 Å². The highest BCUT2D eigenvalue weighted by Gasteiger charge is 2.20. The minimum atomic E-state index is -0.541. The van der Waals surface area contributed by atoms with Crippen LogP contribution in [0.15, 0.2) is 48.5 Å². The van der Waals surface area contributed by atoms with Crippen LogP contribution in [-0.4, -0.2) is 16.7 Å². The minimum Gasteiger partial charge on any atom is -0.489 e. The van der Waals surface area contributed by atoms with Crippen molar-refractivity contribution in [3.05, 3.63) is 70.9 Å². The standard InChI is InChI=1S/C32H44N2O3/c1-7-8-9-13-16-26-27-20-25(36-22-24-14-11-10-12-15-24)17-18-29(27)34-30(19-23(2)3)28(26)21-33-31(35)37-32(4,5)6/h10-12,14-15,17-18,20,23H,7-9,13,16,19,21-22H2,1-6H3,(H,33,35). The summed E-state index contributed by atoms with van der Waals surface area (Å²) in [5.74, 6) is 1.28. The zero-order chi connectivity index (χ0) is 26.8. The molecule has 0 aliphatic heterocycles. The summed E-state index contributed by atoms with van der Waals surface area (Å²) in [6.45, 7) is 13.2. The average Bonchev–Trinajstić information content (AvgIpc) is 2.84. The van der Waals surface area contributed by atoms with Gasteiger partial charge in [-0.1, -0.05) is 70.4 Å². The van der Waals surface area contributed by atoms with Crippen molar-refractivity contribution in [2.45, 2.75) is 98.8 Å². The Bertz CT molecular complexity index is 1150. The lowest BCUT2D eigenvalue weighted by Crippen LogP contribution is -2.32. The van der Waals surface area contributed by atoms with E-state index in [1.165, 1.54) is 24.8 Å². The van der Waals surface area contributed by atoms with Gasteiger partial charge in [0, 0.05) is 17.6 Å². The first-order valence-electron chi connectivity index (χ1n) is 13.7. The first kappa shape index (κ1) is 28.5. The van der Waals surface area contributed by atoms with Crippen molar-refractivity contribution in [2.75, 3.05) is 0 Å². The molecule has 200 valence electrons. The Labute approximate surface area is 223 Å². The van der Waals surface area contributed by atoms with Crippen LogP contribution in [0.5, 0.6) is 5.75 Å². The van der Waals surface area contributed by atoms with E-state index in [2.05, 4.69) is 50.4 Å². The fraction of sp³-hybridized carbons (Fsp3) is 0.500. The molecular formula is C32H44N2O3. The molecule has 0 radical (unpaired) electrons. The van der Waals surface area contributed by atoms with Crippen molar-refractivity contribution >= 4 is 17.0 Å². The topological polar surface area (TPSA) is 60.5 Å². The van der Waals surface area contributed by atoms with E-state index in [1.807, 2.05) is 45.0 Å². The molecule has 0 fully saturated rings. The number of aryl methyl sites for hydroxylation is 1. The molecule has 1 heterocycles. The maximum Gasteiger partial charge on any atom is 0.407 e. The third-order valence-corrected chi connectivity index (χ3v) is 6.20. The molecule has 0 aliphatic rings. The second-order valence-electron chi connectivity index (χ2n) is 11.2. The van der Waals surface area contributed by atoms with Gasteiger partial charge in [-0.15, -0.1) is 0 Å². The van der Waals surface area contributed by atoms with E-state index in [4.69, 9.17) is 14.5 Å². The van der Waals surface area contributed by atoms with Gasteiger partial charge < -0.3 is 14.8 Å². The predicted molar refractivity (Wildman–Crippen MR) is 152 cm³/mol. The Morgan fingerprint density at radius 2 is 1.76 bits per heavy atom. The van der Waals surface area contributed by atoms with Gasteiger partial charge in [-0.2, -0.15) is 0 Å². The van der Waals surface area contributed by atoms with E-state index in [1.54, 1.807) is 0 Å². The van der Waals surface area contributed by atoms with Gasteiger partial charge in [0.2, 0.25) is 0 Å². The predicted octanol–water partition coefficient (Wildman–Crippen LogP) is 8.16. The van der Waals surface area contributed by atoms with Gasteiger partial charge in [-0.25, -0.2) is 4.79 Å². The average molecular weight is 505 g/mol. The van der Waals surface area contributed by atoms with E-state index in [0.717, 1.165) is 52.7 Å². The van der Waals surface area contributed by atoms with Crippen molar-refractivity contribution in [3.8, 4) is 5.75 Å². The molecule has 3 aromatic rings. The van der Waals surface area contributed by atoms with Crippen LogP contribution in [0, 0.1) is 5.92 Å². The van der Waals surface area contributed by atoms with Gasteiger partial charge in [-0.05, 0) is 80.8 Å². The Kier molecular flexibility index (Phi) is 10.4. The fourth-order valence-electron chi connectivity index (χ4n) is 4.49. The number of benzene rings is 2. The smallest absolute Gasteiger partial charge is 0.407 e. The lowest BCUT2D eigenvalue weighted by molar-refractivity contribution is 0.0523. The van der Waals surface area contributed by atoms with Crippen molar-refractivity contribution in [2.24, 2.45) is 5.92 Å². The fourth-order valence-corrected chi connectivity index (χ4v) is 4.49. The molecule has 0 atom stereocenters. The Hall–Kier alpha value is -3.08. The van der Waals surface area contributed by atoms with Crippen LogP contribution in [0.3, 0.4) is 0 Å². The monoisotopic (exact) mass is 504 g/mol. The molecule has 3 rings (SSSR count). The molecule has 1 amide bonds. The molecule has 0 bridgehead atoms. The summed E-state index contributed by atoms with van der Waals surface area (Å²) in [7, 11) is 0. The normalized spacial score (nSPS) is 11.6. The molecule has 1 aromatic heterocycles. The first-order valence-corrected chi connectivity index (χ1v) is 13.7. The molecule has 0 unspecified atom stereocenters. The lowest BCUT2D eigenvalue weighted by atomic mass is 9.92. The van der Waals surface area contributed by atoms with Crippen molar-refractivity contribution in [1.29, 1.82) is 0 Å². The number of amides is 1. The second kappa shape index (κ2) is 13.5. The van der Waals surface area contributed by atoms with Crippen LogP contribution in [0.1, 0.15) is 89.6 Å². The highest BCUT2D eigenvalue weighted by molar-refractivity contribution is 5.85. The number of nitrogens with one attached hydrogen (secondary N) is 1. The number of carbonyl (C=O) groups excluding carboxylic acids is 1. The molecule has 5 heteroatoms. The number of unbranched alkanes of at least 4 members (excludes halogenated alkanes) is 3. The molecule has 0 saturated carbocycles. The number of pyridine rings is 1. The summed E-state index contributed by atoms with van der Waals surface area (Å²) in [6.07, 6.45) is 6.09. The number of aromatic nitrogens is 1. The number of carbonyl (C=O) groups is 1. The van der Waals surface area contributed by atoms with Gasteiger partial charge in [0.15, 0.2) is 0 Å². The van der Waals surface area contributed by atoms with Gasteiger partial charge in [0.1, 0.15) is 18.0 Å².